The molecule has 1 unspecified atom stereocenters. The van der Waals surface area contributed by atoms with Crippen LogP contribution < -0.4 is 25.3 Å². The van der Waals surface area contributed by atoms with Crippen molar-refractivity contribution in [3.63, 3.8) is 0 Å². The number of nitrogens with two attached hydrogens (primary N) is 1. The fraction of sp³-hybridized carbons (Fsp3) is 0.207. The van der Waals surface area contributed by atoms with Crippen molar-refractivity contribution >= 4 is 29.6 Å². The van der Waals surface area contributed by atoms with Gasteiger partial charge in [-0.1, -0.05) is 12.1 Å². The Morgan fingerprint density at radius 2 is 1.38 bits per heavy atom. The number of ether oxygens (including phenoxy) is 4. The van der Waals surface area contributed by atoms with Crippen molar-refractivity contribution in [1.82, 2.24) is 5.32 Å². The molecule has 40 heavy (non-hydrogen) atoms. The second kappa shape index (κ2) is 14.1. The molecule has 0 spiro atoms. The molecule has 3 aromatic carbocycles. The topological polar surface area (TPSA) is 156 Å². The molecule has 0 aliphatic carbocycles. The van der Waals surface area contributed by atoms with Gasteiger partial charge in [-0.25, -0.2) is 9.59 Å². The highest BCUT2D eigenvalue weighted by Gasteiger charge is 2.19. The number of nitrogens with zero attached hydrogens (tertiary/aromatic N) is 1. The first-order chi connectivity index (χ1) is 19.2. The summed E-state index contributed by atoms with van der Waals surface area (Å²) in [6.45, 7) is 3.29. The predicted octanol–water partition coefficient (Wildman–Crippen LogP) is 3.54. The molecule has 0 fully saturated rings. The van der Waals surface area contributed by atoms with Crippen molar-refractivity contribution < 1.29 is 38.1 Å². The third-order valence-electron chi connectivity index (χ3n) is 5.46. The molecule has 0 radical (unpaired) electrons. The number of Topliss-reactive ketones (excluding diaryl/α,β-unsaturated/α-hetero) is 1. The first-order valence-corrected chi connectivity index (χ1v) is 12.2. The summed E-state index contributed by atoms with van der Waals surface area (Å²) in [5.74, 6) is -0.0869. The third-order valence-corrected chi connectivity index (χ3v) is 5.46. The number of rotatable bonds is 11. The van der Waals surface area contributed by atoms with Gasteiger partial charge in [0.15, 0.2) is 12.4 Å². The molecule has 1 atom stereocenters. The van der Waals surface area contributed by atoms with Crippen LogP contribution in [0.1, 0.15) is 40.1 Å². The van der Waals surface area contributed by atoms with Gasteiger partial charge in [-0.3, -0.25) is 9.59 Å². The molecule has 0 heterocycles. The number of carbonyl (C=O) groups is 4. The highest BCUT2D eigenvalue weighted by atomic mass is 16.6. The van der Waals surface area contributed by atoms with Crippen LogP contribution in [0.3, 0.4) is 0 Å². The number of methoxy groups -OCH3 is 1. The minimum atomic E-state index is -0.907. The number of hydrogen-bond donors (Lipinski definition) is 2. The molecule has 11 nitrogen and oxygen atoms in total. The van der Waals surface area contributed by atoms with E-state index in [-0.39, 0.29) is 36.1 Å². The van der Waals surface area contributed by atoms with Gasteiger partial charge in [-0.15, -0.1) is 0 Å². The number of hydrogen-bond acceptors (Lipinski definition) is 8. The largest absolute Gasteiger partial charge is 0.497 e. The predicted molar refractivity (Wildman–Crippen MR) is 146 cm³/mol. The minimum Gasteiger partial charge on any atom is -0.497 e. The Bertz CT molecular complexity index is 1370. The van der Waals surface area contributed by atoms with Gasteiger partial charge in [-0.2, -0.15) is 4.99 Å². The second-order valence-corrected chi connectivity index (χ2v) is 8.30. The summed E-state index contributed by atoms with van der Waals surface area (Å²) in [4.78, 5) is 52.7. The van der Waals surface area contributed by atoms with Crippen LogP contribution in [0.2, 0.25) is 0 Å². The van der Waals surface area contributed by atoms with Gasteiger partial charge >= 0.3 is 12.1 Å². The normalized spacial score (nSPS) is 11.6. The number of esters is 1. The lowest BCUT2D eigenvalue weighted by Gasteiger charge is -2.14. The zero-order valence-electron chi connectivity index (χ0n) is 22.2. The first-order valence-electron chi connectivity index (χ1n) is 12.2. The van der Waals surface area contributed by atoms with Crippen LogP contribution in [0, 0.1) is 0 Å². The van der Waals surface area contributed by atoms with E-state index in [1.165, 1.54) is 31.4 Å². The summed E-state index contributed by atoms with van der Waals surface area (Å²) >= 11 is 0. The van der Waals surface area contributed by atoms with E-state index < -0.39 is 24.0 Å². The van der Waals surface area contributed by atoms with Crippen LogP contribution >= 0.6 is 0 Å². The first kappa shape index (κ1) is 29.4. The standard InChI is InChI=1S/C29H29N3O8/c1-4-38-25(33)17-39-23-11-9-19(10-12-23)26(34)18(2)31-28(35)21-7-5-20(6-8-21)27(30)32-29(36)40-24-15-13-22(37-3)14-16-24/h5-16,18H,4,17H2,1-3H3,(H,31,35)(H2,30,32,36). The number of carbonyl (C=O) groups excluding carboxylic acids is 4. The maximum Gasteiger partial charge on any atom is 0.441 e. The van der Waals surface area contributed by atoms with Gasteiger partial charge in [0.2, 0.25) is 0 Å². The number of amides is 2. The minimum absolute atomic E-state index is 0.0938. The van der Waals surface area contributed by atoms with Crippen molar-refractivity contribution in [3.05, 3.63) is 89.5 Å². The Balaban J connectivity index is 1.54. The van der Waals surface area contributed by atoms with E-state index >= 15 is 0 Å². The fourth-order valence-corrected chi connectivity index (χ4v) is 3.38. The molecule has 11 heteroatoms. The van der Waals surface area contributed by atoms with E-state index in [0.717, 1.165) is 0 Å². The summed E-state index contributed by atoms with van der Waals surface area (Å²) in [5.41, 5.74) is 6.95. The Labute approximate surface area is 230 Å². The molecule has 0 aromatic heterocycles. The van der Waals surface area contributed by atoms with Gasteiger partial charge in [0.05, 0.1) is 19.8 Å². The molecule has 2 amide bonds. The van der Waals surface area contributed by atoms with Crippen molar-refractivity contribution in [3.8, 4) is 17.2 Å². The van der Waals surface area contributed by atoms with E-state index in [4.69, 9.17) is 24.7 Å². The summed E-state index contributed by atoms with van der Waals surface area (Å²) in [7, 11) is 1.52. The van der Waals surface area contributed by atoms with Gasteiger partial charge < -0.3 is 30.0 Å². The van der Waals surface area contributed by atoms with Crippen molar-refractivity contribution in [2.45, 2.75) is 19.9 Å². The van der Waals surface area contributed by atoms with Crippen molar-refractivity contribution in [1.29, 1.82) is 0 Å². The zero-order valence-corrected chi connectivity index (χ0v) is 22.2. The number of ketones is 1. The molecule has 3 aromatic rings. The summed E-state index contributed by atoms with van der Waals surface area (Å²) in [6, 6.07) is 17.8. The van der Waals surface area contributed by atoms with Gasteiger partial charge in [-0.05, 0) is 74.5 Å². The van der Waals surface area contributed by atoms with Crippen LogP contribution in [0.5, 0.6) is 17.2 Å². The van der Waals surface area contributed by atoms with E-state index in [0.29, 0.717) is 22.6 Å². The van der Waals surface area contributed by atoms with Crippen molar-refractivity contribution in [2.75, 3.05) is 20.3 Å². The van der Waals surface area contributed by atoms with Crippen LogP contribution in [0.4, 0.5) is 4.79 Å². The highest BCUT2D eigenvalue weighted by molar-refractivity contribution is 6.05. The molecular weight excluding hydrogens is 518 g/mol. The zero-order chi connectivity index (χ0) is 29.1. The Kier molecular flexibility index (Phi) is 10.4. The maximum atomic E-state index is 12.8. The Morgan fingerprint density at radius 3 is 1.98 bits per heavy atom. The van der Waals surface area contributed by atoms with Crippen LogP contribution in [0.25, 0.3) is 0 Å². The van der Waals surface area contributed by atoms with Crippen LogP contribution in [-0.2, 0) is 9.53 Å². The summed E-state index contributed by atoms with van der Waals surface area (Å²) in [5, 5.41) is 2.65. The molecule has 208 valence electrons. The van der Waals surface area contributed by atoms with Gasteiger partial charge in [0, 0.05) is 16.7 Å². The highest BCUT2D eigenvalue weighted by Crippen LogP contribution is 2.18. The fourth-order valence-electron chi connectivity index (χ4n) is 3.38. The van der Waals surface area contributed by atoms with Crippen LogP contribution in [0.15, 0.2) is 77.8 Å². The van der Waals surface area contributed by atoms with E-state index in [9.17, 15) is 19.2 Å². The summed E-state index contributed by atoms with van der Waals surface area (Å²) < 4.78 is 20.3. The average Bonchev–Trinajstić information content (AvgIpc) is 2.96. The molecule has 0 saturated carbocycles. The lowest BCUT2D eigenvalue weighted by molar-refractivity contribution is -0.145. The lowest BCUT2D eigenvalue weighted by atomic mass is 10.0. The van der Waals surface area contributed by atoms with E-state index in [1.54, 1.807) is 62.4 Å². The smallest absolute Gasteiger partial charge is 0.441 e. The monoisotopic (exact) mass is 547 g/mol. The van der Waals surface area contributed by atoms with Gasteiger partial charge in [0.25, 0.3) is 5.91 Å². The molecule has 0 saturated heterocycles. The number of nitrogens with one attached hydrogen (secondary N) is 1. The average molecular weight is 548 g/mol. The van der Waals surface area contributed by atoms with E-state index in [2.05, 4.69) is 10.3 Å². The Hall–Kier alpha value is -5.19. The van der Waals surface area contributed by atoms with E-state index in [1.807, 2.05) is 0 Å². The number of benzene rings is 3. The quantitative estimate of drug-likeness (QED) is 0.159. The maximum absolute atomic E-state index is 12.8. The molecule has 3 rings (SSSR count). The third kappa shape index (κ3) is 8.42. The number of aliphatic imine (C=N–C) groups is 1. The molecule has 0 aliphatic heterocycles. The number of amidine groups is 1. The van der Waals surface area contributed by atoms with Gasteiger partial charge in [0.1, 0.15) is 23.1 Å². The summed E-state index contributed by atoms with van der Waals surface area (Å²) in [6.07, 6.45) is -0.907. The molecule has 0 bridgehead atoms. The molecule has 3 N–H and O–H groups in total. The molecule has 0 aliphatic rings. The molecular formula is C29H29N3O8. The van der Waals surface area contributed by atoms with Crippen LogP contribution in [-0.4, -0.2) is 56.0 Å². The SMILES string of the molecule is CCOC(=O)COc1ccc(C(=O)C(C)NC(=O)c2ccc(/C(N)=N\C(=O)Oc3ccc(OC)cc3)cc2)cc1. The lowest BCUT2D eigenvalue weighted by Crippen LogP contribution is -2.38. The second-order valence-electron chi connectivity index (χ2n) is 8.30. The Morgan fingerprint density at radius 1 is 0.825 bits per heavy atom. The van der Waals surface area contributed by atoms with Crippen molar-refractivity contribution in [2.24, 2.45) is 10.7 Å².